The minimum Gasteiger partial charge on any atom is -0.458 e. The predicted molar refractivity (Wildman–Crippen MR) is 91.4 cm³/mol. The first kappa shape index (κ1) is 17.6. The number of hydrogen-bond donors (Lipinski definition) is 0. The topological polar surface area (TPSA) is 69.7 Å². The number of hydrogen-bond acceptors (Lipinski definition) is 5. The van der Waals surface area contributed by atoms with Gasteiger partial charge in [-0.2, -0.15) is 0 Å². The molecule has 1 aliphatic heterocycles. The van der Waals surface area contributed by atoms with Crippen LogP contribution in [0.5, 0.6) is 0 Å². The van der Waals surface area contributed by atoms with Gasteiger partial charge in [0.05, 0.1) is 11.8 Å². The zero-order valence-corrected chi connectivity index (χ0v) is 15.3. The first-order chi connectivity index (χ1) is 11.6. The Labute approximate surface area is 147 Å². The van der Waals surface area contributed by atoms with Gasteiger partial charge in [0.25, 0.3) is 0 Å². The molecule has 0 N–H and O–H groups in total. The number of allylic oxidation sites excluding steroid dienone is 4. The third-order valence-corrected chi connectivity index (χ3v) is 6.05. The van der Waals surface area contributed by atoms with E-state index >= 15 is 0 Å². The lowest BCUT2D eigenvalue weighted by molar-refractivity contribution is -0.171. The molecule has 2 aliphatic carbocycles. The Morgan fingerprint density at radius 1 is 1.36 bits per heavy atom. The maximum absolute atomic E-state index is 12.7. The van der Waals surface area contributed by atoms with Gasteiger partial charge in [-0.05, 0) is 40.2 Å². The van der Waals surface area contributed by atoms with E-state index in [1.165, 1.54) is 0 Å². The maximum atomic E-state index is 12.7. The van der Waals surface area contributed by atoms with E-state index in [-0.39, 0.29) is 17.6 Å². The molecule has 5 unspecified atom stereocenters. The molecule has 1 saturated heterocycles. The van der Waals surface area contributed by atoms with Crippen molar-refractivity contribution in [2.45, 2.75) is 52.7 Å². The summed E-state index contributed by atoms with van der Waals surface area (Å²) in [5.74, 6) is -1.70. The highest BCUT2D eigenvalue weighted by atomic mass is 16.6. The van der Waals surface area contributed by atoms with E-state index < -0.39 is 29.1 Å². The van der Waals surface area contributed by atoms with E-state index in [4.69, 9.17) is 9.47 Å². The largest absolute Gasteiger partial charge is 0.458 e. The van der Waals surface area contributed by atoms with Crippen molar-refractivity contribution in [3.63, 3.8) is 0 Å². The van der Waals surface area contributed by atoms with Crippen LogP contribution in [0.15, 0.2) is 35.5 Å². The van der Waals surface area contributed by atoms with Gasteiger partial charge in [0.1, 0.15) is 6.10 Å². The Morgan fingerprint density at radius 3 is 2.68 bits per heavy atom. The lowest BCUT2D eigenvalue weighted by Crippen LogP contribution is -2.46. The lowest BCUT2D eigenvalue weighted by atomic mass is 9.68. The van der Waals surface area contributed by atoms with E-state index in [2.05, 4.69) is 0 Å². The van der Waals surface area contributed by atoms with Crippen molar-refractivity contribution >= 4 is 17.7 Å². The van der Waals surface area contributed by atoms with Crippen LogP contribution < -0.4 is 0 Å². The zero-order valence-electron chi connectivity index (χ0n) is 15.3. The van der Waals surface area contributed by atoms with E-state index in [1.807, 2.05) is 26.0 Å². The molecule has 0 saturated carbocycles. The molecule has 1 heterocycles. The van der Waals surface area contributed by atoms with Crippen LogP contribution in [-0.2, 0) is 23.9 Å². The standard InChI is InChI=1S/C20H24O5/c1-6-11(2)17(22)25-20(5)13-8-7-12(3)15-14(21)9-10-19(15,4)16(13)24-18(20)23/h6-7,9-10,13,15-16H,8H2,1-5H3. The summed E-state index contributed by atoms with van der Waals surface area (Å²) in [5.41, 5.74) is -0.562. The van der Waals surface area contributed by atoms with Gasteiger partial charge in [-0.3, -0.25) is 4.79 Å². The molecule has 0 bridgehead atoms. The summed E-state index contributed by atoms with van der Waals surface area (Å²) in [6.45, 7) is 8.89. The molecule has 134 valence electrons. The third-order valence-electron chi connectivity index (χ3n) is 6.05. The second-order valence-corrected chi connectivity index (χ2v) is 7.62. The molecule has 0 spiro atoms. The van der Waals surface area contributed by atoms with Gasteiger partial charge in [0.2, 0.25) is 5.60 Å². The van der Waals surface area contributed by atoms with E-state index in [9.17, 15) is 14.4 Å². The van der Waals surface area contributed by atoms with Crippen LogP contribution in [0.4, 0.5) is 0 Å². The smallest absolute Gasteiger partial charge is 0.351 e. The Morgan fingerprint density at radius 2 is 2.04 bits per heavy atom. The highest BCUT2D eigenvalue weighted by molar-refractivity contribution is 5.98. The maximum Gasteiger partial charge on any atom is 0.351 e. The molecule has 0 amide bonds. The van der Waals surface area contributed by atoms with Crippen LogP contribution in [0, 0.1) is 17.3 Å². The molecule has 0 aromatic carbocycles. The number of esters is 2. The number of rotatable bonds is 2. The molecule has 5 nitrogen and oxygen atoms in total. The number of ether oxygens (including phenoxy) is 2. The molecule has 3 aliphatic rings. The van der Waals surface area contributed by atoms with Gasteiger partial charge in [-0.1, -0.05) is 30.7 Å². The van der Waals surface area contributed by atoms with Crippen LogP contribution in [0.2, 0.25) is 0 Å². The van der Waals surface area contributed by atoms with Crippen molar-refractivity contribution in [1.29, 1.82) is 0 Å². The highest BCUT2D eigenvalue weighted by Crippen LogP contribution is 2.54. The summed E-state index contributed by atoms with van der Waals surface area (Å²) in [6, 6.07) is 0. The average Bonchev–Trinajstić information content (AvgIpc) is 2.96. The molecule has 3 rings (SSSR count). The minimum atomic E-state index is -1.36. The molecule has 5 heteroatoms. The molecule has 0 aromatic rings. The van der Waals surface area contributed by atoms with Gasteiger partial charge in [0, 0.05) is 11.0 Å². The van der Waals surface area contributed by atoms with Gasteiger partial charge < -0.3 is 9.47 Å². The second kappa shape index (κ2) is 5.68. The van der Waals surface area contributed by atoms with Crippen molar-refractivity contribution in [3.05, 3.63) is 35.5 Å². The summed E-state index contributed by atoms with van der Waals surface area (Å²) < 4.78 is 11.3. The third kappa shape index (κ3) is 2.40. The minimum absolute atomic E-state index is 0.0308. The first-order valence-corrected chi connectivity index (χ1v) is 8.62. The molecule has 1 fully saturated rings. The van der Waals surface area contributed by atoms with E-state index in [1.54, 1.807) is 32.9 Å². The van der Waals surface area contributed by atoms with Crippen LogP contribution in [0.1, 0.15) is 41.0 Å². The number of fused-ring (bicyclic) bond motifs is 3. The Hall–Kier alpha value is -2.17. The van der Waals surface area contributed by atoms with Gasteiger partial charge in [-0.25, -0.2) is 9.59 Å². The number of carbonyl (C=O) groups excluding carboxylic acids is 3. The first-order valence-electron chi connectivity index (χ1n) is 8.62. The quantitative estimate of drug-likeness (QED) is 0.438. The van der Waals surface area contributed by atoms with Gasteiger partial charge >= 0.3 is 11.9 Å². The van der Waals surface area contributed by atoms with Crippen molar-refractivity contribution < 1.29 is 23.9 Å². The lowest BCUT2D eigenvalue weighted by Gasteiger charge is -2.36. The van der Waals surface area contributed by atoms with Gasteiger partial charge in [0.15, 0.2) is 5.78 Å². The molecular weight excluding hydrogens is 320 g/mol. The van der Waals surface area contributed by atoms with Gasteiger partial charge in [-0.15, -0.1) is 0 Å². The van der Waals surface area contributed by atoms with Crippen LogP contribution in [0.25, 0.3) is 0 Å². The number of carbonyl (C=O) groups is 3. The second-order valence-electron chi connectivity index (χ2n) is 7.62. The highest BCUT2D eigenvalue weighted by Gasteiger charge is 2.64. The summed E-state index contributed by atoms with van der Waals surface area (Å²) >= 11 is 0. The normalized spacial score (nSPS) is 40.1. The SMILES string of the molecule is CC=C(C)C(=O)OC1(C)C(=O)OC2C1CC=C(C)C1C(=O)C=CC12C. The monoisotopic (exact) mass is 344 g/mol. The summed E-state index contributed by atoms with van der Waals surface area (Å²) in [5, 5.41) is 0. The Bertz CT molecular complexity index is 743. The molecular formula is C20H24O5. The fraction of sp³-hybridized carbons (Fsp3) is 0.550. The summed E-state index contributed by atoms with van der Waals surface area (Å²) in [7, 11) is 0. The van der Waals surface area contributed by atoms with Crippen molar-refractivity contribution in [2.75, 3.05) is 0 Å². The summed E-state index contributed by atoms with van der Waals surface area (Å²) in [6.07, 6.45) is 7.06. The molecule has 0 radical (unpaired) electrons. The fourth-order valence-corrected chi connectivity index (χ4v) is 4.34. The van der Waals surface area contributed by atoms with Crippen molar-refractivity contribution in [1.82, 2.24) is 0 Å². The van der Waals surface area contributed by atoms with Crippen molar-refractivity contribution in [3.8, 4) is 0 Å². The molecule has 0 aromatic heterocycles. The molecule has 25 heavy (non-hydrogen) atoms. The van der Waals surface area contributed by atoms with E-state index in [0.717, 1.165) is 5.57 Å². The van der Waals surface area contributed by atoms with E-state index in [0.29, 0.717) is 12.0 Å². The van der Waals surface area contributed by atoms with Crippen LogP contribution in [-0.4, -0.2) is 29.4 Å². The summed E-state index contributed by atoms with van der Waals surface area (Å²) in [4.78, 5) is 37.3. The predicted octanol–water partition coefficient (Wildman–Crippen LogP) is 2.91. The Balaban J connectivity index is 2.02. The molecule has 5 atom stereocenters. The number of ketones is 1. The van der Waals surface area contributed by atoms with Crippen LogP contribution in [0.3, 0.4) is 0 Å². The van der Waals surface area contributed by atoms with Crippen LogP contribution >= 0.6 is 0 Å². The van der Waals surface area contributed by atoms with Crippen molar-refractivity contribution in [2.24, 2.45) is 17.3 Å². The average molecular weight is 344 g/mol. The Kier molecular flexibility index (Phi) is 4.01. The fourth-order valence-electron chi connectivity index (χ4n) is 4.34. The zero-order chi connectivity index (χ0) is 18.6.